The summed E-state index contributed by atoms with van der Waals surface area (Å²) >= 11 is 0. The number of aliphatic hydroxyl groups excluding tert-OH is 3. The molecule has 4 N–H and O–H groups in total. The Hall–Kier alpha value is -5.58. The molecule has 0 aromatic heterocycles. The lowest BCUT2D eigenvalue weighted by Gasteiger charge is -2.35. The minimum Gasteiger partial charge on any atom is -0.491 e. The van der Waals surface area contributed by atoms with Gasteiger partial charge in [0.05, 0.1) is 6.10 Å². The van der Waals surface area contributed by atoms with E-state index in [0.29, 0.717) is 18.8 Å². The van der Waals surface area contributed by atoms with Crippen LogP contribution in [0.15, 0.2) is 72.8 Å². The van der Waals surface area contributed by atoms with Crippen molar-refractivity contribution in [3.05, 3.63) is 128 Å². The number of aryl methyl sites for hydroxylation is 4. The van der Waals surface area contributed by atoms with Crippen LogP contribution >= 0.6 is 0 Å². The maximum absolute atomic E-state index is 11.4. The molecule has 3 fully saturated rings. The van der Waals surface area contributed by atoms with Crippen LogP contribution in [0.1, 0.15) is 213 Å². The summed E-state index contributed by atoms with van der Waals surface area (Å²) in [5, 5.41) is 40.5. The van der Waals surface area contributed by atoms with E-state index in [1.807, 2.05) is 13.0 Å². The van der Waals surface area contributed by atoms with Gasteiger partial charge in [-0.1, -0.05) is 152 Å². The second kappa shape index (κ2) is 27.3. The Bertz CT molecular complexity index is 2740. The Morgan fingerprint density at radius 3 is 1.39 bits per heavy atom. The minimum absolute atomic E-state index is 0.0652. The van der Waals surface area contributed by atoms with E-state index in [2.05, 4.69) is 153 Å². The van der Waals surface area contributed by atoms with Gasteiger partial charge in [-0.2, -0.15) is 0 Å². The van der Waals surface area contributed by atoms with Gasteiger partial charge in [-0.05, 0) is 161 Å². The third-order valence-corrected chi connectivity index (χ3v) is 17.9. The normalized spacial score (nSPS) is 18.2. The molecule has 416 valence electrons. The molecule has 7 rings (SSSR count). The Morgan fingerprint density at radius 1 is 0.623 bits per heavy atom. The van der Waals surface area contributed by atoms with Crippen LogP contribution in [-0.4, -0.2) is 70.0 Å². The Morgan fingerprint density at radius 2 is 1.03 bits per heavy atom. The quantitative estimate of drug-likeness (QED) is 0.0533. The highest BCUT2D eigenvalue weighted by atomic mass is 16.6. The average molecular weight is 1050 g/mol. The second-order valence-corrected chi connectivity index (χ2v) is 23.2. The van der Waals surface area contributed by atoms with E-state index in [-0.39, 0.29) is 53.2 Å². The van der Waals surface area contributed by atoms with Crippen LogP contribution in [0.3, 0.4) is 0 Å². The van der Waals surface area contributed by atoms with E-state index in [1.165, 1.54) is 60.8 Å². The number of benzene rings is 4. The van der Waals surface area contributed by atoms with Crippen molar-refractivity contribution in [3.63, 3.8) is 0 Å². The topological polar surface area (TPSA) is 143 Å². The summed E-state index contributed by atoms with van der Waals surface area (Å²) in [7, 11) is 0. The summed E-state index contributed by atoms with van der Waals surface area (Å²) in [4.78, 5) is 22.1. The first-order chi connectivity index (χ1) is 36.7. The molecule has 1 saturated heterocycles. The SMILES string of the molecule is CCC(CC)(c1ccc(C#CC(O)C2(C)CCCCC2)c(C)c1)c1ccc(OC[C@H](O)CCC(=O)O)c(C)c1.CCC(CC)(c1ccc(C#CC(O)C2(C)CCCCC2)c(C)c1)c1ccc(OC[C@H]2CCC(=O)O2)c(C)c1. The molecular formula is C68H90O9. The van der Waals surface area contributed by atoms with Gasteiger partial charge >= 0.3 is 11.9 Å². The van der Waals surface area contributed by atoms with Gasteiger partial charge in [0.1, 0.15) is 43.0 Å². The number of carboxylic acids is 1. The number of hydrogen-bond donors (Lipinski definition) is 4. The van der Waals surface area contributed by atoms with Crippen molar-refractivity contribution in [2.45, 2.75) is 220 Å². The van der Waals surface area contributed by atoms with Gasteiger partial charge in [-0.3, -0.25) is 9.59 Å². The first-order valence-corrected chi connectivity index (χ1v) is 28.9. The van der Waals surface area contributed by atoms with E-state index in [0.717, 1.165) is 96.9 Å². The molecule has 1 heterocycles. The number of ether oxygens (including phenoxy) is 3. The Kier molecular flexibility index (Phi) is 21.5. The van der Waals surface area contributed by atoms with Crippen molar-refractivity contribution >= 4 is 11.9 Å². The lowest BCUT2D eigenvalue weighted by molar-refractivity contribution is -0.142. The fourth-order valence-corrected chi connectivity index (χ4v) is 12.2. The van der Waals surface area contributed by atoms with Gasteiger partial charge < -0.3 is 34.6 Å². The van der Waals surface area contributed by atoms with Gasteiger partial charge in [0.15, 0.2) is 0 Å². The number of esters is 1. The lowest BCUT2D eigenvalue weighted by Crippen LogP contribution is -2.33. The number of carbonyl (C=O) groups is 2. The van der Waals surface area contributed by atoms with Crippen LogP contribution in [-0.2, 0) is 25.2 Å². The van der Waals surface area contributed by atoms with Crippen molar-refractivity contribution in [1.29, 1.82) is 0 Å². The van der Waals surface area contributed by atoms with E-state index in [9.17, 15) is 24.9 Å². The molecular weight excluding hydrogens is 961 g/mol. The summed E-state index contributed by atoms with van der Waals surface area (Å²) in [6.45, 7) is 22.0. The summed E-state index contributed by atoms with van der Waals surface area (Å²) in [5.41, 5.74) is 10.8. The van der Waals surface area contributed by atoms with Gasteiger partial charge in [-0.25, -0.2) is 0 Å². The smallest absolute Gasteiger partial charge is 0.306 e. The van der Waals surface area contributed by atoms with Crippen LogP contribution < -0.4 is 9.47 Å². The molecule has 4 aromatic rings. The molecule has 4 atom stereocenters. The molecule has 9 nitrogen and oxygen atoms in total. The van der Waals surface area contributed by atoms with Crippen LogP contribution in [0.25, 0.3) is 0 Å². The zero-order valence-electron chi connectivity index (χ0n) is 48.2. The Labute approximate surface area is 461 Å². The van der Waals surface area contributed by atoms with E-state index < -0.39 is 24.3 Å². The third kappa shape index (κ3) is 15.0. The molecule has 0 radical (unpaired) electrons. The monoisotopic (exact) mass is 1050 g/mol. The van der Waals surface area contributed by atoms with Crippen LogP contribution in [0.2, 0.25) is 0 Å². The largest absolute Gasteiger partial charge is 0.491 e. The van der Waals surface area contributed by atoms with Crippen LogP contribution in [0, 0.1) is 62.2 Å². The highest BCUT2D eigenvalue weighted by Crippen LogP contribution is 2.44. The predicted octanol–water partition coefficient (Wildman–Crippen LogP) is 13.9. The van der Waals surface area contributed by atoms with Gasteiger partial charge in [0, 0.05) is 45.6 Å². The molecule has 2 aliphatic carbocycles. The first-order valence-electron chi connectivity index (χ1n) is 28.9. The summed E-state index contributed by atoms with van der Waals surface area (Å²) < 4.78 is 17.1. The van der Waals surface area contributed by atoms with Crippen molar-refractivity contribution in [2.75, 3.05) is 13.2 Å². The molecule has 2 saturated carbocycles. The van der Waals surface area contributed by atoms with E-state index in [1.54, 1.807) is 0 Å². The maximum atomic E-state index is 11.4. The second-order valence-electron chi connectivity index (χ2n) is 23.2. The molecule has 0 amide bonds. The number of hydrogen-bond acceptors (Lipinski definition) is 8. The first kappa shape index (κ1) is 60.6. The molecule has 77 heavy (non-hydrogen) atoms. The molecule has 2 unspecified atom stereocenters. The molecule has 0 spiro atoms. The molecule has 1 aliphatic heterocycles. The van der Waals surface area contributed by atoms with Crippen LogP contribution in [0.5, 0.6) is 11.5 Å². The highest BCUT2D eigenvalue weighted by Gasteiger charge is 2.36. The lowest BCUT2D eigenvalue weighted by atomic mass is 9.70. The minimum atomic E-state index is -0.924. The van der Waals surface area contributed by atoms with Crippen LogP contribution in [0.4, 0.5) is 0 Å². The van der Waals surface area contributed by atoms with E-state index >= 15 is 0 Å². The molecule has 4 aromatic carbocycles. The fraction of sp³-hybridized carbons (Fsp3) is 0.559. The number of aliphatic carboxylic acids is 1. The molecule has 3 aliphatic rings. The highest BCUT2D eigenvalue weighted by molar-refractivity contribution is 5.71. The van der Waals surface area contributed by atoms with Crippen molar-refractivity contribution in [2.24, 2.45) is 10.8 Å². The maximum Gasteiger partial charge on any atom is 0.306 e. The number of rotatable bonds is 19. The standard InChI is InChI=1S/C34H46O5.C34H44O4/c1-6-34(7-2,28-14-16-30(25(4)22-28)39-23-29(35)15-18-32(37)38)27-13-11-26(24(3)21-27)12-17-31(36)33(5)19-9-8-10-20-33;1-6-34(7-2,28-14-16-30(25(4)22-28)37-23-29-15-18-32(36)38-29)27-13-11-26(24(3)21-27)12-17-31(35)33(5)19-9-8-10-20-33/h11,13-14,16,21-22,29,31,35-36H,6-10,15,18-20,23H2,1-5H3,(H,37,38);11,13-14,16,21-22,29,31,35H,6-10,15,18-20,23H2,1-5H3/t2*29-,31?/m11/s1. The zero-order chi connectivity index (χ0) is 56.0. The zero-order valence-corrected chi connectivity index (χ0v) is 48.2. The predicted molar refractivity (Wildman–Crippen MR) is 309 cm³/mol. The van der Waals surface area contributed by atoms with Gasteiger partial charge in [0.25, 0.3) is 0 Å². The van der Waals surface area contributed by atoms with Crippen molar-refractivity contribution in [1.82, 2.24) is 0 Å². The molecule has 9 heteroatoms. The summed E-state index contributed by atoms with van der Waals surface area (Å²) in [6.07, 6.45) is 14.3. The van der Waals surface area contributed by atoms with E-state index in [4.69, 9.17) is 19.3 Å². The van der Waals surface area contributed by atoms with Gasteiger partial charge in [-0.15, -0.1) is 0 Å². The Balaban J connectivity index is 0.000000250. The number of carboxylic acid groups (broad SMARTS) is 1. The van der Waals surface area contributed by atoms with Crippen molar-refractivity contribution in [3.8, 4) is 35.2 Å². The molecule has 0 bridgehead atoms. The number of cyclic esters (lactones) is 1. The summed E-state index contributed by atoms with van der Waals surface area (Å²) in [5.74, 6) is 13.4. The van der Waals surface area contributed by atoms with Gasteiger partial charge in [0.2, 0.25) is 0 Å². The third-order valence-electron chi connectivity index (χ3n) is 17.9. The number of aliphatic hydroxyl groups is 3. The van der Waals surface area contributed by atoms with Crippen molar-refractivity contribution < 1.29 is 44.2 Å². The fourth-order valence-electron chi connectivity index (χ4n) is 12.2. The number of carbonyl (C=O) groups excluding carboxylic acids is 1. The summed E-state index contributed by atoms with van der Waals surface area (Å²) in [6, 6.07) is 25.8. The average Bonchev–Trinajstić information content (AvgIpc) is 3.85.